The molecule has 21 heavy (non-hydrogen) atoms. The maximum Gasteiger partial charge on any atom is 0.220 e. The van der Waals surface area contributed by atoms with Crippen molar-refractivity contribution >= 4 is 29.2 Å². The maximum absolute atomic E-state index is 6.27. The summed E-state index contributed by atoms with van der Waals surface area (Å²) in [5.41, 5.74) is 8.65. The van der Waals surface area contributed by atoms with Crippen molar-refractivity contribution in [3.05, 3.63) is 46.5 Å². The van der Waals surface area contributed by atoms with E-state index in [4.69, 9.17) is 28.9 Å². The van der Waals surface area contributed by atoms with Gasteiger partial charge in [-0.3, -0.25) is 0 Å². The van der Waals surface area contributed by atoms with E-state index in [1.165, 1.54) is 0 Å². The summed E-state index contributed by atoms with van der Waals surface area (Å²) in [5, 5.41) is 1.06. The largest absolute Gasteiger partial charge is 0.368 e. The molecule has 0 saturated heterocycles. The van der Waals surface area contributed by atoms with E-state index in [0.717, 1.165) is 22.6 Å². The number of halogens is 2. The number of rotatable bonds is 2. The summed E-state index contributed by atoms with van der Waals surface area (Å²) in [6, 6.07) is 5.22. The summed E-state index contributed by atoms with van der Waals surface area (Å²) in [5.74, 6) is 0.978. The van der Waals surface area contributed by atoms with Crippen LogP contribution in [0.15, 0.2) is 30.6 Å². The number of aryl methyl sites for hydroxylation is 1. The van der Waals surface area contributed by atoms with Crippen LogP contribution in [0.25, 0.3) is 22.5 Å². The summed E-state index contributed by atoms with van der Waals surface area (Å²) in [6.07, 6.45) is 3.37. The topological polar surface area (TPSA) is 80.5 Å². The van der Waals surface area contributed by atoms with Gasteiger partial charge in [0.05, 0.1) is 22.6 Å². The number of aromatic nitrogens is 4. The molecule has 0 amide bonds. The normalized spacial score (nSPS) is 10.8. The molecule has 3 rings (SSSR count). The van der Waals surface area contributed by atoms with Crippen molar-refractivity contribution in [2.24, 2.45) is 0 Å². The zero-order chi connectivity index (χ0) is 15.0. The van der Waals surface area contributed by atoms with Gasteiger partial charge >= 0.3 is 0 Å². The molecule has 2 heterocycles. The predicted molar refractivity (Wildman–Crippen MR) is 84.2 cm³/mol. The fraction of sp³-hybridized carbons (Fsp3) is 0.0714. The lowest BCUT2D eigenvalue weighted by Gasteiger charge is -2.09. The summed E-state index contributed by atoms with van der Waals surface area (Å²) in [4.78, 5) is 15.7. The van der Waals surface area contributed by atoms with Crippen molar-refractivity contribution in [2.75, 3.05) is 5.73 Å². The summed E-state index contributed by atoms with van der Waals surface area (Å²) < 4.78 is 0. The molecule has 5 nitrogen and oxygen atoms in total. The summed E-state index contributed by atoms with van der Waals surface area (Å²) in [6.45, 7) is 1.87. The number of hydrogen-bond acceptors (Lipinski definition) is 4. The zero-order valence-electron chi connectivity index (χ0n) is 11.1. The van der Waals surface area contributed by atoms with Crippen LogP contribution in [-0.4, -0.2) is 19.9 Å². The molecule has 2 aromatic heterocycles. The number of hydrogen-bond donors (Lipinski definition) is 2. The van der Waals surface area contributed by atoms with Crippen LogP contribution in [-0.2, 0) is 0 Å². The highest BCUT2D eigenvalue weighted by atomic mass is 35.5. The number of H-pyrrole nitrogens is 1. The molecule has 0 atom stereocenters. The van der Waals surface area contributed by atoms with Gasteiger partial charge in [0.1, 0.15) is 5.82 Å². The molecule has 3 aromatic rings. The molecule has 0 aliphatic rings. The van der Waals surface area contributed by atoms with Gasteiger partial charge in [0.25, 0.3) is 0 Å². The first-order valence-electron chi connectivity index (χ1n) is 6.14. The van der Waals surface area contributed by atoms with Crippen LogP contribution in [0, 0.1) is 6.92 Å². The minimum Gasteiger partial charge on any atom is -0.368 e. The van der Waals surface area contributed by atoms with E-state index in [1.54, 1.807) is 30.6 Å². The highest BCUT2D eigenvalue weighted by Crippen LogP contribution is 2.35. The molecule has 0 aliphatic heterocycles. The number of nitrogens with two attached hydrogens (primary N) is 1. The van der Waals surface area contributed by atoms with E-state index < -0.39 is 0 Å². The van der Waals surface area contributed by atoms with Crippen molar-refractivity contribution in [3.63, 3.8) is 0 Å². The highest BCUT2D eigenvalue weighted by Gasteiger charge is 2.15. The molecule has 0 saturated carbocycles. The fourth-order valence-corrected chi connectivity index (χ4v) is 2.54. The SMILES string of the molecule is Cc1ncc(-c2cnc(N)nc2-c2ccc(Cl)cc2Cl)[nH]1. The second kappa shape index (κ2) is 5.35. The molecule has 0 bridgehead atoms. The van der Waals surface area contributed by atoms with E-state index in [9.17, 15) is 0 Å². The lowest BCUT2D eigenvalue weighted by atomic mass is 10.1. The molecular formula is C14H11Cl2N5. The Morgan fingerprint density at radius 1 is 1.10 bits per heavy atom. The Bertz CT molecular complexity index is 813. The summed E-state index contributed by atoms with van der Waals surface area (Å²) >= 11 is 12.2. The van der Waals surface area contributed by atoms with E-state index in [0.29, 0.717) is 15.7 Å². The Labute approximate surface area is 131 Å². The minimum atomic E-state index is 0.177. The van der Waals surface area contributed by atoms with Gasteiger partial charge in [0.15, 0.2) is 0 Å². The molecular weight excluding hydrogens is 309 g/mol. The predicted octanol–water partition coefficient (Wildman–Crippen LogP) is 3.73. The van der Waals surface area contributed by atoms with Crippen molar-refractivity contribution in [1.29, 1.82) is 0 Å². The van der Waals surface area contributed by atoms with Crippen molar-refractivity contribution in [2.45, 2.75) is 6.92 Å². The monoisotopic (exact) mass is 319 g/mol. The number of imidazole rings is 1. The van der Waals surface area contributed by atoms with E-state index in [-0.39, 0.29) is 5.95 Å². The quantitative estimate of drug-likeness (QED) is 0.754. The second-order valence-corrected chi connectivity index (χ2v) is 5.34. The Hall–Kier alpha value is -2.11. The minimum absolute atomic E-state index is 0.177. The van der Waals surface area contributed by atoms with Gasteiger partial charge in [0.2, 0.25) is 5.95 Å². The number of benzene rings is 1. The molecule has 0 radical (unpaired) electrons. The molecule has 0 fully saturated rings. The van der Waals surface area contributed by atoms with Crippen molar-refractivity contribution in [3.8, 4) is 22.5 Å². The standard InChI is InChI=1S/C14H11Cl2N5/c1-7-18-6-12(20-7)10-5-19-14(17)21-13(10)9-3-2-8(15)4-11(9)16/h2-6H,1H3,(H,18,20)(H2,17,19,21). The third-order valence-electron chi connectivity index (χ3n) is 2.99. The van der Waals surface area contributed by atoms with Crippen LogP contribution >= 0.6 is 23.2 Å². The molecule has 0 unspecified atom stereocenters. The molecule has 7 heteroatoms. The van der Waals surface area contributed by atoms with Crippen LogP contribution in [0.2, 0.25) is 10.0 Å². The van der Waals surface area contributed by atoms with Gasteiger partial charge in [-0.2, -0.15) is 0 Å². The smallest absolute Gasteiger partial charge is 0.220 e. The van der Waals surface area contributed by atoms with Gasteiger partial charge in [-0.05, 0) is 25.1 Å². The van der Waals surface area contributed by atoms with Gasteiger partial charge in [-0.15, -0.1) is 0 Å². The van der Waals surface area contributed by atoms with E-state index in [2.05, 4.69) is 19.9 Å². The van der Waals surface area contributed by atoms with Crippen molar-refractivity contribution < 1.29 is 0 Å². The van der Waals surface area contributed by atoms with Crippen LogP contribution in [0.1, 0.15) is 5.82 Å². The van der Waals surface area contributed by atoms with Crippen LogP contribution in [0.5, 0.6) is 0 Å². The second-order valence-electron chi connectivity index (χ2n) is 4.50. The lowest BCUT2D eigenvalue weighted by Crippen LogP contribution is -1.99. The summed E-state index contributed by atoms with van der Waals surface area (Å²) in [7, 11) is 0. The Morgan fingerprint density at radius 2 is 1.90 bits per heavy atom. The highest BCUT2D eigenvalue weighted by molar-refractivity contribution is 6.36. The number of aromatic amines is 1. The molecule has 1 aromatic carbocycles. The lowest BCUT2D eigenvalue weighted by molar-refractivity contribution is 1.14. The first kappa shape index (κ1) is 13.9. The van der Waals surface area contributed by atoms with Crippen molar-refractivity contribution in [1.82, 2.24) is 19.9 Å². The number of nitrogens with zero attached hydrogens (tertiary/aromatic N) is 3. The van der Waals surface area contributed by atoms with E-state index in [1.807, 2.05) is 6.92 Å². The first-order chi connectivity index (χ1) is 10.0. The van der Waals surface area contributed by atoms with Gasteiger partial charge < -0.3 is 10.7 Å². The Morgan fingerprint density at radius 3 is 2.57 bits per heavy atom. The number of nitrogens with one attached hydrogen (secondary N) is 1. The molecule has 106 valence electrons. The van der Waals surface area contributed by atoms with Crippen LogP contribution in [0.3, 0.4) is 0 Å². The third-order valence-corrected chi connectivity index (χ3v) is 3.53. The third kappa shape index (κ3) is 2.70. The fourth-order valence-electron chi connectivity index (χ4n) is 2.04. The molecule has 3 N–H and O–H groups in total. The molecule has 0 aliphatic carbocycles. The Kier molecular flexibility index (Phi) is 3.53. The maximum atomic E-state index is 6.27. The van der Waals surface area contributed by atoms with Gasteiger partial charge in [-0.25, -0.2) is 15.0 Å². The van der Waals surface area contributed by atoms with E-state index >= 15 is 0 Å². The van der Waals surface area contributed by atoms with Crippen LogP contribution < -0.4 is 5.73 Å². The average Bonchev–Trinajstić information content (AvgIpc) is 2.85. The average molecular weight is 320 g/mol. The van der Waals surface area contributed by atoms with Gasteiger partial charge in [-0.1, -0.05) is 23.2 Å². The zero-order valence-corrected chi connectivity index (χ0v) is 12.6. The van der Waals surface area contributed by atoms with Gasteiger partial charge in [0, 0.05) is 22.3 Å². The first-order valence-corrected chi connectivity index (χ1v) is 6.90. The molecule has 0 spiro atoms. The Balaban J connectivity index is 2.23. The number of anilines is 1. The number of nitrogen functional groups attached to an aromatic ring is 1. The van der Waals surface area contributed by atoms with Crippen LogP contribution in [0.4, 0.5) is 5.95 Å².